The third-order valence-electron chi connectivity index (χ3n) is 2.60. The fraction of sp³-hybridized carbons (Fsp3) is 0.462. The molecule has 20 heavy (non-hydrogen) atoms. The molecule has 0 aromatic heterocycles. The Labute approximate surface area is 120 Å². The third-order valence-corrected chi connectivity index (χ3v) is 3.04. The van der Waals surface area contributed by atoms with Gasteiger partial charge in [0.2, 0.25) is 5.38 Å². The molecular weight excluding hydrogens is 295 g/mol. The van der Waals surface area contributed by atoms with Crippen molar-refractivity contribution in [1.29, 1.82) is 0 Å². The van der Waals surface area contributed by atoms with Gasteiger partial charge in [0.15, 0.2) is 0 Å². The van der Waals surface area contributed by atoms with Gasteiger partial charge in [0.1, 0.15) is 6.73 Å². The Kier molecular flexibility index (Phi) is 5.83. The normalized spacial score (nSPS) is 13.1. The van der Waals surface area contributed by atoms with Crippen molar-refractivity contribution in [1.82, 2.24) is 0 Å². The predicted octanol–water partition coefficient (Wildman–Crippen LogP) is 3.49. The molecule has 0 saturated heterocycles. The highest BCUT2D eigenvalue weighted by Crippen LogP contribution is 2.29. The molecule has 0 aliphatic rings. The fourth-order valence-corrected chi connectivity index (χ4v) is 1.70. The molecule has 0 saturated carbocycles. The number of amides is 1. The van der Waals surface area contributed by atoms with Gasteiger partial charge in [-0.15, -0.1) is 11.6 Å². The first-order chi connectivity index (χ1) is 9.29. The zero-order chi connectivity index (χ0) is 15.3. The van der Waals surface area contributed by atoms with Crippen molar-refractivity contribution < 1.29 is 22.7 Å². The van der Waals surface area contributed by atoms with Gasteiger partial charge in [0.25, 0.3) is 5.91 Å². The molecule has 3 nitrogen and oxygen atoms in total. The third kappa shape index (κ3) is 4.11. The minimum Gasteiger partial charge on any atom is -0.361 e. The number of benzene rings is 1. The molecule has 1 atom stereocenters. The largest absolute Gasteiger partial charge is 0.413 e. The number of ether oxygens (including phenoxy) is 1. The second kappa shape index (κ2) is 6.95. The lowest BCUT2D eigenvalue weighted by molar-refractivity contribution is -0.150. The summed E-state index contributed by atoms with van der Waals surface area (Å²) in [5.41, 5.74) is 1.01. The molecule has 0 heterocycles. The summed E-state index contributed by atoms with van der Waals surface area (Å²) in [6.07, 6.45) is -4.80. The average Bonchev–Trinajstić information content (AvgIpc) is 2.38. The van der Waals surface area contributed by atoms with Crippen molar-refractivity contribution in [3.8, 4) is 0 Å². The summed E-state index contributed by atoms with van der Waals surface area (Å²) >= 11 is 5.21. The highest BCUT2D eigenvalue weighted by molar-refractivity contribution is 6.33. The first kappa shape index (κ1) is 16.8. The molecule has 7 heteroatoms. The second-order valence-corrected chi connectivity index (χ2v) is 4.52. The molecule has 1 aromatic rings. The van der Waals surface area contributed by atoms with Gasteiger partial charge in [-0.1, -0.05) is 18.2 Å². The number of carbonyl (C=O) groups excluding carboxylic acids is 1. The van der Waals surface area contributed by atoms with Crippen LogP contribution in [0.3, 0.4) is 0 Å². The first-order valence-electron chi connectivity index (χ1n) is 5.94. The predicted molar refractivity (Wildman–Crippen MR) is 70.9 cm³/mol. The Morgan fingerprint density at radius 2 is 2.00 bits per heavy atom. The Balaban J connectivity index is 3.07. The van der Waals surface area contributed by atoms with Crippen molar-refractivity contribution in [2.24, 2.45) is 0 Å². The summed E-state index contributed by atoms with van der Waals surface area (Å²) in [7, 11) is 0. The van der Waals surface area contributed by atoms with E-state index in [0.29, 0.717) is 11.3 Å². The van der Waals surface area contributed by atoms with Gasteiger partial charge in [-0.05, 0) is 25.5 Å². The van der Waals surface area contributed by atoms with Crippen LogP contribution in [0.25, 0.3) is 0 Å². The number of carbonyl (C=O) groups is 1. The van der Waals surface area contributed by atoms with Crippen LogP contribution in [0.15, 0.2) is 24.3 Å². The van der Waals surface area contributed by atoms with Gasteiger partial charge >= 0.3 is 6.18 Å². The number of alkyl halides is 4. The number of nitrogens with zero attached hydrogens (tertiary/aromatic N) is 1. The van der Waals surface area contributed by atoms with E-state index in [2.05, 4.69) is 0 Å². The maximum Gasteiger partial charge on any atom is 0.413 e. The van der Waals surface area contributed by atoms with E-state index in [1.165, 1.54) is 0 Å². The minimum absolute atomic E-state index is 0.272. The van der Waals surface area contributed by atoms with E-state index in [1.54, 1.807) is 38.1 Å². The Morgan fingerprint density at radius 3 is 2.50 bits per heavy atom. The number of halogens is 4. The van der Waals surface area contributed by atoms with Crippen molar-refractivity contribution in [2.75, 3.05) is 18.2 Å². The molecule has 1 aromatic carbocycles. The quantitative estimate of drug-likeness (QED) is 0.615. The lowest BCUT2D eigenvalue weighted by atomic mass is 10.2. The van der Waals surface area contributed by atoms with E-state index in [9.17, 15) is 18.0 Å². The highest BCUT2D eigenvalue weighted by atomic mass is 35.5. The molecule has 0 N–H and O–H groups in total. The summed E-state index contributed by atoms with van der Waals surface area (Å²) in [5.74, 6) is -1.25. The second-order valence-electron chi connectivity index (χ2n) is 4.08. The summed E-state index contributed by atoms with van der Waals surface area (Å²) in [4.78, 5) is 12.8. The van der Waals surface area contributed by atoms with Gasteiger partial charge in [-0.25, -0.2) is 0 Å². The lowest BCUT2D eigenvalue weighted by Crippen LogP contribution is -2.45. The minimum atomic E-state index is -4.80. The number of para-hydroxylation sites is 1. The van der Waals surface area contributed by atoms with Crippen molar-refractivity contribution in [3.63, 3.8) is 0 Å². The first-order valence-corrected chi connectivity index (χ1v) is 6.38. The number of rotatable bonds is 5. The SMILES string of the molecule is CCOCN(C(=O)C(Cl)C(F)(F)F)c1ccccc1C. The standard InChI is InChI=1S/C13H15ClF3NO2/c1-3-20-8-18(10-7-5-4-6-9(10)2)12(19)11(14)13(15,16)17/h4-7,11H,3,8H2,1-2H3. The van der Waals surface area contributed by atoms with E-state index in [1.807, 2.05) is 0 Å². The molecular formula is C13H15ClF3NO2. The zero-order valence-corrected chi connectivity index (χ0v) is 11.8. The lowest BCUT2D eigenvalue weighted by Gasteiger charge is -2.26. The van der Waals surface area contributed by atoms with E-state index in [-0.39, 0.29) is 13.3 Å². The van der Waals surface area contributed by atoms with Crippen LogP contribution in [0.2, 0.25) is 0 Å². The smallest absolute Gasteiger partial charge is 0.361 e. The fourth-order valence-electron chi connectivity index (χ4n) is 1.58. The van der Waals surface area contributed by atoms with Gasteiger partial charge in [0.05, 0.1) is 0 Å². The van der Waals surface area contributed by atoms with E-state index in [0.717, 1.165) is 4.90 Å². The topological polar surface area (TPSA) is 29.5 Å². The molecule has 0 bridgehead atoms. The molecule has 0 fully saturated rings. The van der Waals surface area contributed by atoms with Crippen LogP contribution in [0.1, 0.15) is 12.5 Å². The Hall–Kier alpha value is -1.27. The zero-order valence-electron chi connectivity index (χ0n) is 11.1. The van der Waals surface area contributed by atoms with Crippen molar-refractivity contribution in [2.45, 2.75) is 25.4 Å². The van der Waals surface area contributed by atoms with Crippen molar-refractivity contribution in [3.05, 3.63) is 29.8 Å². The number of hydrogen-bond donors (Lipinski definition) is 0. The molecule has 0 aliphatic carbocycles. The summed E-state index contributed by atoms with van der Waals surface area (Å²) in [5, 5.41) is -2.59. The Morgan fingerprint density at radius 1 is 1.40 bits per heavy atom. The van der Waals surface area contributed by atoms with Gasteiger partial charge in [-0.3, -0.25) is 9.69 Å². The Bertz CT molecular complexity index is 465. The molecule has 112 valence electrons. The van der Waals surface area contributed by atoms with E-state index >= 15 is 0 Å². The van der Waals surface area contributed by atoms with Gasteiger partial charge in [-0.2, -0.15) is 13.2 Å². The van der Waals surface area contributed by atoms with Gasteiger partial charge < -0.3 is 4.74 Å². The highest BCUT2D eigenvalue weighted by Gasteiger charge is 2.45. The molecule has 0 spiro atoms. The summed E-state index contributed by atoms with van der Waals surface area (Å²) < 4.78 is 42.8. The maximum atomic E-state index is 12.6. The van der Waals surface area contributed by atoms with Crippen LogP contribution < -0.4 is 4.90 Å². The summed E-state index contributed by atoms with van der Waals surface area (Å²) in [6, 6.07) is 6.60. The molecule has 1 unspecified atom stereocenters. The van der Waals surface area contributed by atoms with Crippen LogP contribution in [-0.2, 0) is 9.53 Å². The van der Waals surface area contributed by atoms with Crippen molar-refractivity contribution >= 4 is 23.2 Å². The molecule has 1 amide bonds. The van der Waals surface area contributed by atoms with Crippen LogP contribution >= 0.6 is 11.6 Å². The van der Waals surface area contributed by atoms with Crippen LogP contribution in [0.4, 0.5) is 18.9 Å². The summed E-state index contributed by atoms with van der Waals surface area (Å²) in [6.45, 7) is 3.37. The number of hydrogen-bond acceptors (Lipinski definition) is 2. The maximum absolute atomic E-state index is 12.6. The van der Waals surface area contributed by atoms with E-state index in [4.69, 9.17) is 16.3 Å². The number of anilines is 1. The monoisotopic (exact) mass is 309 g/mol. The molecule has 0 aliphatic heterocycles. The van der Waals surface area contributed by atoms with Gasteiger partial charge in [0, 0.05) is 12.3 Å². The molecule has 0 radical (unpaired) electrons. The van der Waals surface area contributed by atoms with E-state index < -0.39 is 17.5 Å². The van der Waals surface area contributed by atoms with Crippen LogP contribution in [0, 0.1) is 6.92 Å². The average molecular weight is 310 g/mol. The van der Waals surface area contributed by atoms with Crippen LogP contribution in [-0.4, -0.2) is 30.8 Å². The number of aryl methyl sites for hydroxylation is 1. The molecule has 1 rings (SSSR count). The van der Waals surface area contributed by atoms with Crippen LogP contribution in [0.5, 0.6) is 0 Å².